The lowest BCUT2D eigenvalue weighted by atomic mass is 10.2. The van der Waals surface area contributed by atoms with Gasteiger partial charge >= 0.3 is 0 Å². The maximum atomic E-state index is 13.7. The van der Waals surface area contributed by atoms with Gasteiger partial charge in [0.1, 0.15) is 0 Å². The molecule has 2 N–H and O–H groups in total. The van der Waals surface area contributed by atoms with Gasteiger partial charge in [0.2, 0.25) is 5.91 Å². The van der Waals surface area contributed by atoms with E-state index in [9.17, 15) is 23.1 Å². The predicted molar refractivity (Wildman–Crippen MR) is 97.5 cm³/mol. The fourth-order valence-electron chi connectivity index (χ4n) is 3.03. The Kier molecular flexibility index (Phi) is 9.17. The first-order valence-corrected chi connectivity index (χ1v) is 9.43. The third-order valence-electron chi connectivity index (χ3n) is 4.32. The normalized spacial score (nSPS) is 17.9. The number of halogens is 3. The van der Waals surface area contributed by atoms with Crippen molar-refractivity contribution in [3.63, 3.8) is 0 Å². The number of hydrogen-bond donors (Lipinski definition) is 2. The first-order chi connectivity index (χ1) is 13.4. The Morgan fingerprint density at radius 1 is 1.39 bits per heavy atom. The number of rotatable bonds is 11. The van der Waals surface area contributed by atoms with E-state index in [0.29, 0.717) is 13.2 Å². The van der Waals surface area contributed by atoms with Crippen LogP contribution in [0.3, 0.4) is 0 Å². The highest BCUT2D eigenvalue weighted by atomic mass is 19.2. The number of aliphatic hydroxyl groups is 1. The Labute approximate surface area is 162 Å². The zero-order chi connectivity index (χ0) is 20.5. The Morgan fingerprint density at radius 3 is 2.86 bits per heavy atom. The van der Waals surface area contributed by atoms with Crippen molar-refractivity contribution in [3.8, 4) is 0 Å². The van der Waals surface area contributed by atoms with E-state index in [4.69, 9.17) is 9.47 Å². The maximum absolute atomic E-state index is 13.7. The van der Waals surface area contributed by atoms with Gasteiger partial charge in [0.25, 0.3) is 0 Å². The van der Waals surface area contributed by atoms with Crippen molar-refractivity contribution in [1.82, 2.24) is 4.90 Å². The van der Waals surface area contributed by atoms with Gasteiger partial charge in [-0.05, 0) is 37.9 Å². The standard InChI is InChI=1S/C19H27F3N2O4/c1-2-7-24(9-13(25)11-27-12-14-4-3-8-28-14)10-17(26)23-16-6-5-15(20)18(21)19(16)22/h5-6,13-14,25H,2-4,7-12H2,1H3,(H,23,26). The van der Waals surface area contributed by atoms with Gasteiger partial charge in [-0.15, -0.1) is 0 Å². The van der Waals surface area contributed by atoms with Crippen molar-refractivity contribution in [1.29, 1.82) is 0 Å². The third kappa shape index (κ3) is 7.05. The lowest BCUT2D eigenvalue weighted by molar-refractivity contribution is -0.117. The lowest BCUT2D eigenvalue weighted by Crippen LogP contribution is -2.40. The van der Waals surface area contributed by atoms with Crippen molar-refractivity contribution in [2.24, 2.45) is 0 Å². The van der Waals surface area contributed by atoms with Crippen LogP contribution < -0.4 is 5.32 Å². The molecule has 0 radical (unpaired) electrons. The summed E-state index contributed by atoms with van der Waals surface area (Å²) in [5, 5.41) is 12.4. The number of benzene rings is 1. The lowest BCUT2D eigenvalue weighted by Gasteiger charge is -2.24. The van der Waals surface area contributed by atoms with Crippen molar-refractivity contribution < 1.29 is 32.5 Å². The summed E-state index contributed by atoms with van der Waals surface area (Å²) in [6.07, 6.45) is 1.94. The van der Waals surface area contributed by atoms with Crippen LogP contribution in [-0.2, 0) is 14.3 Å². The van der Waals surface area contributed by atoms with Gasteiger partial charge in [-0.25, -0.2) is 13.2 Å². The molecule has 1 heterocycles. The highest BCUT2D eigenvalue weighted by Gasteiger charge is 2.20. The molecule has 158 valence electrons. The number of carbonyl (C=O) groups is 1. The van der Waals surface area contributed by atoms with Gasteiger partial charge in [-0.2, -0.15) is 0 Å². The van der Waals surface area contributed by atoms with E-state index in [1.165, 1.54) is 0 Å². The summed E-state index contributed by atoms with van der Waals surface area (Å²) in [5.41, 5.74) is -0.430. The fraction of sp³-hybridized carbons (Fsp3) is 0.632. The number of nitrogens with one attached hydrogen (secondary N) is 1. The monoisotopic (exact) mass is 404 g/mol. The molecule has 1 saturated heterocycles. The summed E-state index contributed by atoms with van der Waals surface area (Å²) < 4.78 is 50.8. The summed E-state index contributed by atoms with van der Waals surface area (Å²) in [5.74, 6) is -5.00. The SMILES string of the molecule is CCCN(CC(=O)Nc1ccc(F)c(F)c1F)CC(O)COCC1CCCO1. The van der Waals surface area contributed by atoms with Crippen LogP contribution in [0.1, 0.15) is 26.2 Å². The smallest absolute Gasteiger partial charge is 0.238 e. The molecule has 2 unspecified atom stereocenters. The van der Waals surface area contributed by atoms with E-state index in [0.717, 1.165) is 38.0 Å². The van der Waals surface area contributed by atoms with Crippen LogP contribution >= 0.6 is 0 Å². The summed E-state index contributed by atoms with van der Waals surface area (Å²) in [6, 6.07) is 1.70. The van der Waals surface area contributed by atoms with Crippen molar-refractivity contribution in [2.75, 3.05) is 44.8 Å². The van der Waals surface area contributed by atoms with Crippen molar-refractivity contribution in [2.45, 2.75) is 38.4 Å². The number of ether oxygens (including phenoxy) is 2. The van der Waals surface area contributed by atoms with E-state index in [2.05, 4.69) is 5.32 Å². The van der Waals surface area contributed by atoms with E-state index in [1.807, 2.05) is 6.92 Å². The highest BCUT2D eigenvalue weighted by molar-refractivity contribution is 5.92. The van der Waals surface area contributed by atoms with Crippen LogP contribution in [0.5, 0.6) is 0 Å². The number of aliphatic hydroxyl groups excluding tert-OH is 1. The van der Waals surface area contributed by atoms with E-state index in [1.54, 1.807) is 4.90 Å². The number of hydrogen-bond acceptors (Lipinski definition) is 5. The van der Waals surface area contributed by atoms with Crippen LogP contribution in [0.4, 0.5) is 18.9 Å². The molecule has 1 aliphatic heterocycles. The molecular weight excluding hydrogens is 377 g/mol. The molecule has 0 aliphatic carbocycles. The number of anilines is 1. The number of amides is 1. The zero-order valence-electron chi connectivity index (χ0n) is 15.9. The summed E-state index contributed by atoms with van der Waals surface area (Å²) in [4.78, 5) is 13.8. The second-order valence-electron chi connectivity index (χ2n) is 6.83. The molecule has 1 aromatic carbocycles. The highest BCUT2D eigenvalue weighted by Crippen LogP contribution is 2.19. The first-order valence-electron chi connectivity index (χ1n) is 9.43. The Bertz CT molecular complexity index is 642. The molecule has 9 heteroatoms. The second-order valence-corrected chi connectivity index (χ2v) is 6.83. The van der Waals surface area contributed by atoms with Gasteiger partial charge in [0, 0.05) is 13.2 Å². The van der Waals surface area contributed by atoms with Gasteiger partial charge < -0.3 is 19.9 Å². The van der Waals surface area contributed by atoms with Crippen LogP contribution in [-0.4, -0.2) is 67.6 Å². The number of carbonyl (C=O) groups excluding carboxylic acids is 1. The largest absolute Gasteiger partial charge is 0.389 e. The van der Waals surface area contributed by atoms with E-state index < -0.39 is 35.2 Å². The van der Waals surface area contributed by atoms with E-state index in [-0.39, 0.29) is 25.8 Å². The van der Waals surface area contributed by atoms with Crippen molar-refractivity contribution >= 4 is 11.6 Å². The van der Waals surface area contributed by atoms with Gasteiger partial charge in [0.05, 0.1) is 37.7 Å². The molecule has 1 aromatic rings. The first kappa shape index (κ1) is 22.6. The summed E-state index contributed by atoms with van der Waals surface area (Å²) >= 11 is 0. The summed E-state index contributed by atoms with van der Waals surface area (Å²) in [6.45, 7) is 3.76. The van der Waals surface area contributed by atoms with E-state index >= 15 is 0 Å². The van der Waals surface area contributed by atoms with Gasteiger partial charge in [0.15, 0.2) is 17.5 Å². The Hall–Kier alpha value is -1.68. The molecule has 6 nitrogen and oxygen atoms in total. The van der Waals surface area contributed by atoms with Gasteiger partial charge in [-0.1, -0.05) is 6.92 Å². The molecule has 0 spiro atoms. The molecule has 0 aromatic heterocycles. The number of nitrogens with zero attached hydrogens (tertiary/aromatic N) is 1. The van der Waals surface area contributed by atoms with Gasteiger partial charge in [-0.3, -0.25) is 9.69 Å². The molecule has 0 saturated carbocycles. The average Bonchev–Trinajstić information content (AvgIpc) is 3.16. The molecule has 1 fully saturated rings. The minimum Gasteiger partial charge on any atom is -0.389 e. The Morgan fingerprint density at radius 2 is 2.18 bits per heavy atom. The Balaban J connectivity index is 1.80. The average molecular weight is 404 g/mol. The minimum atomic E-state index is -1.64. The van der Waals surface area contributed by atoms with Crippen LogP contribution in [0, 0.1) is 17.5 Å². The molecule has 1 amide bonds. The van der Waals surface area contributed by atoms with Crippen LogP contribution in [0.25, 0.3) is 0 Å². The molecule has 1 aliphatic rings. The fourth-order valence-corrected chi connectivity index (χ4v) is 3.03. The molecule has 0 bridgehead atoms. The summed E-state index contributed by atoms with van der Waals surface area (Å²) in [7, 11) is 0. The van der Waals surface area contributed by atoms with Crippen LogP contribution in [0.2, 0.25) is 0 Å². The molecule has 28 heavy (non-hydrogen) atoms. The molecular formula is C19H27F3N2O4. The molecule has 2 atom stereocenters. The quantitative estimate of drug-likeness (QED) is 0.554. The third-order valence-corrected chi connectivity index (χ3v) is 4.32. The maximum Gasteiger partial charge on any atom is 0.238 e. The predicted octanol–water partition coefficient (Wildman–Crippen LogP) is 2.31. The van der Waals surface area contributed by atoms with Crippen LogP contribution in [0.15, 0.2) is 12.1 Å². The minimum absolute atomic E-state index is 0.0655. The van der Waals surface area contributed by atoms with Crippen molar-refractivity contribution in [3.05, 3.63) is 29.6 Å². The topological polar surface area (TPSA) is 71.0 Å². The molecule has 2 rings (SSSR count). The zero-order valence-corrected chi connectivity index (χ0v) is 15.9. The second kappa shape index (κ2) is 11.4.